The van der Waals surface area contributed by atoms with Crippen LogP contribution in [0.5, 0.6) is 0 Å². The predicted molar refractivity (Wildman–Crippen MR) is 61.4 cm³/mol. The number of unbranched alkanes of at least 4 members (excludes halogenated alkanes) is 5. The molecule has 0 aliphatic rings. The Balaban J connectivity index is 2.86. The first-order chi connectivity index (χ1) is 5.91. The zero-order valence-electron chi connectivity index (χ0n) is 7.57. The van der Waals surface area contributed by atoms with E-state index in [4.69, 9.17) is 11.6 Å². The molecule has 0 nitrogen and oxygen atoms in total. The Bertz CT molecular complexity index is 102. The van der Waals surface area contributed by atoms with Gasteiger partial charge in [0.2, 0.25) is 0 Å². The molecule has 0 aromatic rings. The van der Waals surface area contributed by atoms with Crippen LogP contribution in [0.1, 0.15) is 38.5 Å². The van der Waals surface area contributed by atoms with Crippen LogP contribution in [-0.4, -0.2) is 11.2 Å². The maximum atomic E-state index is 5.49. The van der Waals surface area contributed by atoms with E-state index in [1.54, 1.807) is 0 Å². The van der Waals surface area contributed by atoms with Crippen molar-refractivity contribution in [2.75, 3.05) is 11.2 Å². The Hall–Kier alpha value is 0.510. The molecule has 0 saturated heterocycles. The van der Waals surface area contributed by atoms with Crippen molar-refractivity contribution in [1.29, 1.82) is 0 Å². The third kappa shape index (κ3) is 10.5. The molecule has 0 unspecified atom stereocenters. The number of allylic oxidation sites excluding steroid dienone is 2. The molecule has 0 aliphatic carbocycles. The molecule has 0 spiro atoms. The molecule has 0 atom stereocenters. The van der Waals surface area contributed by atoms with E-state index in [0.29, 0.717) is 5.88 Å². The van der Waals surface area contributed by atoms with Crippen molar-refractivity contribution in [2.24, 2.45) is 0 Å². The van der Waals surface area contributed by atoms with Gasteiger partial charge in [0.05, 0.1) is 0 Å². The van der Waals surface area contributed by atoms with E-state index in [2.05, 4.69) is 22.0 Å². The maximum absolute atomic E-state index is 5.49. The molecule has 0 rings (SSSR count). The van der Waals surface area contributed by atoms with Gasteiger partial charge in [-0.2, -0.15) is 0 Å². The molecule has 0 heterocycles. The summed E-state index contributed by atoms with van der Waals surface area (Å²) < 4.78 is 0. The fraction of sp³-hybridized carbons (Fsp3) is 0.800. The second-order valence-corrected chi connectivity index (χ2v) is 3.97. The molecule has 0 aromatic carbocycles. The van der Waals surface area contributed by atoms with Crippen LogP contribution in [0.2, 0.25) is 0 Å². The molecule has 2 heteroatoms. The Labute approximate surface area is 89.5 Å². The van der Waals surface area contributed by atoms with Crippen molar-refractivity contribution in [3.8, 4) is 0 Å². The van der Waals surface area contributed by atoms with Crippen LogP contribution in [0.15, 0.2) is 12.2 Å². The molecule has 0 aliphatic heterocycles. The SMILES string of the molecule is ClCC=CCCCCCCCBr. The zero-order chi connectivity index (χ0) is 9.07. The minimum Gasteiger partial charge on any atom is -0.122 e. The van der Waals surface area contributed by atoms with Gasteiger partial charge in [-0.25, -0.2) is 0 Å². The van der Waals surface area contributed by atoms with Crippen LogP contribution in [0.4, 0.5) is 0 Å². The third-order valence-electron chi connectivity index (χ3n) is 1.76. The number of alkyl halides is 2. The van der Waals surface area contributed by atoms with Crippen molar-refractivity contribution in [3.63, 3.8) is 0 Å². The van der Waals surface area contributed by atoms with Gasteiger partial charge in [-0.3, -0.25) is 0 Å². The normalized spacial score (nSPS) is 11.2. The average molecular weight is 254 g/mol. The van der Waals surface area contributed by atoms with Crippen LogP contribution in [0, 0.1) is 0 Å². The second-order valence-electron chi connectivity index (χ2n) is 2.87. The minimum atomic E-state index is 0.656. The van der Waals surface area contributed by atoms with Crippen molar-refractivity contribution < 1.29 is 0 Å². The lowest BCUT2D eigenvalue weighted by atomic mass is 10.1. The maximum Gasteiger partial charge on any atom is 0.0404 e. The molecule has 0 N–H and O–H groups in total. The molecule has 0 radical (unpaired) electrons. The fourth-order valence-electron chi connectivity index (χ4n) is 1.07. The number of hydrogen-bond acceptors (Lipinski definition) is 0. The summed E-state index contributed by atoms with van der Waals surface area (Å²) in [6.07, 6.45) is 12.1. The lowest BCUT2D eigenvalue weighted by Gasteiger charge is -1.96. The van der Waals surface area contributed by atoms with E-state index in [0.717, 1.165) is 5.33 Å². The van der Waals surface area contributed by atoms with Gasteiger partial charge in [-0.15, -0.1) is 11.6 Å². The Morgan fingerprint density at radius 3 is 2.25 bits per heavy atom. The van der Waals surface area contributed by atoms with Gasteiger partial charge in [0.15, 0.2) is 0 Å². The van der Waals surface area contributed by atoms with Crippen molar-refractivity contribution >= 4 is 27.5 Å². The topological polar surface area (TPSA) is 0 Å². The quantitative estimate of drug-likeness (QED) is 0.339. The van der Waals surface area contributed by atoms with Gasteiger partial charge >= 0.3 is 0 Å². The van der Waals surface area contributed by atoms with Gasteiger partial charge < -0.3 is 0 Å². The smallest absolute Gasteiger partial charge is 0.0404 e. The summed E-state index contributed by atoms with van der Waals surface area (Å²) in [4.78, 5) is 0. The van der Waals surface area contributed by atoms with Gasteiger partial charge in [0.1, 0.15) is 0 Å². The highest BCUT2D eigenvalue weighted by Crippen LogP contribution is 2.06. The lowest BCUT2D eigenvalue weighted by Crippen LogP contribution is -1.79. The first kappa shape index (κ1) is 12.5. The summed E-state index contributed by atoms with van der Waals surface area (Å²) in [5.41, 5.74) is 0. The van der Waals surface area contributed by atoms with E-state index < -0.39 is 0 Å². The number of halogens is 2. The van der Waals surface area contributed by atoms with Gasteiger partial charge in [-0.05, 0) is 19.3 Å². The Kier molecular flexibility index (Phi) is 12.0. The van der Waals surface area contributed by atoms with E-state index in [1.165, 1.54) is 38.5 Å². The van der Waals surface area contributed by atoms with Crippen LogP contribution in [0.25, 0.3) is 0 Å². The predicted octanol–water partition coefficient (Wildman–Crippen LogP) is 4.52. The highest BCUT2D eigenvalue weighted by Gasteiger charge is 1.87. The first-order valence-corrected chi connectivity index (χ1v) is 6.34. The van der Waals surface area contributed by atoms with Crippen LogP contribution < -0.4 is 0 Å². The molecule has 0 fully saturated rings. The molecule has 0 saturated carbocycles. The summed E-state index contributed by atoms with van der Waals surface area (Å²) in [5.74, 6) is 0.656. The molecule has 0 bridgehead atoms. The van der Waals surface area contributed by atoms with Crippen molar-refractivity contribution in [1.82, 2.24) is 0 Å². The minimum absolute atomic E-state index is 0.656. The van der Waals surface area contributed by atoms with Crippen LogP contribution in [0.3, 0.4) is 0 Å². The highest BCUT2D eigenvalue weighted by molar-refractivity contribution is 9.09. The Morgan fingerprint density at radius 1 is 0.917 bits per heavy atom. The van der Waals surface area contributed by atoms with Crippen LogP contribution in [-0.2, 0) is 0 Å². The molecular weight excluding hydrogens is 235 g/mol. The largest absolute Gasteiger partial charge is 0.122 e. The Morgan fingerprint density at radius 2 is 1.58 bits per heavy atom. The summed E-state index contributed by atoms with van der Waals surface area (Å²) in [7, 11) is 0. The number of rotatable bonds is 8. The average Bonchev–Trinajstić information content (AvgIpc) is 2.10. The monoisotopic (exact) mass is 252 g/mol. The van der Waals surface area contributed by atoms with E-state index in [9.17, 15) is 0 Å². The van der Waals surface area contributed by atoms with Gasteiger partial charge in [0, 0.05) is 11.2 Å². The van der Waals surface area contributed by atoms with E-state index >= 15 is 0 Å². The molecule has 0 aromatic heterocycles. The lowest BCUT2D eigenvalue weighted by molar-refractivity contribution is 0.641. The van der Waals surface area contributed by atoms with Gasteiger partial charge in [0.25, 0.3) is 0 Å². The van der Waals surface area contributed by atoms with Gasteiger partial charge in [-0.1, -0.05) is 47.3 Å². The fourth-order valence-corrected chi connectivity index (χ4v) is 1.59. The molecule has 0 amide bonds. The second kappa shape index (κ2) is 11.5. The summed E-state index contributed by atoms with van der Waals surface area (Å²) in [6.45, 7) is 0. The van der Waals surface area contributed by atoms with Crippen LogP contribution >= 0.6 is 27.5 Å². The molecule has 72 valence electrons. The van der Waals surface area contributed by atoms with E-state index in [-0.39, 0.29) is 0 Å². The number of hydrogen-bond donors (Lipinski definition) is 0. The third-order valence-corrected chi connectivity index (χ3v) is 2.50. The standard InChI is InChI=1S/C10H18BrCl/c11-9-7-5-3-1-2-4-6-8-10-12/h6,8H,1-5,7,9-10H2. The van der Waals surface area contributed by atoms with Crippen molar-refractivity contribution in [3.05, 3.63) is 12.2 Å². The first-order valence-electron chi connectivity index (χ1n) is 4.68. The summed E-state index contributed by atoms with van der Waals surface area (Å²) in [6, 6.07) is 0. The highest BCUT2D eigenvalue weighted by atomic mass is 79.9. The molecule has 12 heavy (non-hydrogen) atoms. The summed E-state index contributed by atoms with van der Waals surface area (Å²) in [5, 5.41) is 1.15. The van der Waals surface area contributed by atoms with E-state index in [1.807, 2.05) is 6.08 Å². The molecular formula is C10H18BrCl. The summed E-state index contributed by atoms with van der Waals surface area (Å²) >= 11 is 8.92. The zero-order valence-corrected chi connectivity index (χ0v) is 9.91. The van der Waals surface area contributed by atoms with Crippen molar-refractivity contribution in [2.45, 2.75) is 38.5 Å².